The molecule has 5 nitrogen and oxygen atoms in total. The number of aryl methyl sites for hydroxylation is 2. The van der Waals surface area contributed by atoms with Crippen LogP contribution < -0.4 is 9.47 Å². The van der Waals surface area contributed by atoms with Crippen molar-refractivity contribution in [2.45, 2.75) is 51.4 Å². The Morgan fingerprint density at radius 2 is 1.56 bits per heavy atom. The molecule has 2 aliphatic heterocycles. The summed E-state index contributed by atoms with van der Waals surface area (Å²) in [5, 5.41) is 9.30. The van der Waals surface area contributed by atoms with Crippen LogP contribution in [0.15, 0.2) is 24.3 Å². The van der Waals surface area contributed by atoms with E-state index in [2.05, 4.69) is 6.07 Å². The average Bonchev–Trinajstić information content (AvgIpc) is 2.76. The Hall–Kier alpha value is -2.76. The van der Waals surface area contributed by atoms with Crippen LogP contribution in [0.5, 0.6) is 11.5 Å². The molecule has 0 amide bonds. The van der Waals surface area contributed by atoms with Crippen molar-refractivity contribution in [2.24, 2.45) is 0 Å². The molecule has 2 heterocycles. The van der Waals surface area contributed by atoms with Crippen molar-refractivity contribution in [3.05, 3.63) is 58.2 Å². The number of aldehydes is 1. The molecule has 0 bridgehead atoms. The van der Waals surface area contributed by atoms with Crippen LogP contribution in [0.4, 0.5) is 8.78 Å². The lowest BCUT2D eigenvalue weighted by molar-refractivity contribution is 0.111. The third-order valence-corrected chi connectivity index (χ3v) is 5.93. The van der Waals surface area contributed by atoms with E-state index in [1.165, 1.54) is 24.3 Å². The molecule has 2 aliphatic rings. The third-order valence-electron chi connectivity index (χ3n) is 4.99. The van der Waals surface area contributed by atoms with E-state index in [-0.39, 0.29) is 11.6 Å². The van der Waals surface area contributed by atoms with Crippen LogP contribution in [0, 0.1) is 23.0 Å². The molecule has 0 N–H and O–H groups in total. The van der Waals surface area contributed by atoms with E-state index in [0.717, 1.165) is 36.8 Å². The minimum absolute atomic E-state index is 0.315. The monoisotopic (exact) mass is 459 g/mol. The zero-order chi connectivity index (χ0) is 23.3. The topological polar surface area (TPSA) is 68.5 Å². The Balaban J connectivity index is 0.000000193. The second-order valence-electron chi connectivity index (χ2n) is 8.73. The maximum Gasteiger partial charge on any atom is 0.186 e. The van der Waals surface area contributed by atoms with Gasteiger partial charge in [-0.3, -0.25) is 4.79 Å². The van der Waals surface area contributed by atoms with Crippen molar-refractivity contribution in [3.63, 3.8) is 0 Å². The van der Waals surface area contributed by atoms with Crippen molar-refractivity contribution < 1.29 is 27.5 Å². The quantitative estimate of drug-likeness (QED) is 0.444. The van der Waals surface area contributed by atoms with Gasteiger partial charge in [0.05, 0.1) is 24.8 Å². The lowest BCUT2D eigenvalue weighted by Gasteiger charge is -2.26. The molecule has 0 saturated carbocycles. The molecule has 0 radical (unpaired) electrons. The van der Waals surface area contributed by atoms with E-state index in [1.807, 2.05) is 19.6 Å². The first-order valence-electron chi connectivity index (χ1n) is 10.6. The van der Waals surface area contributed by atoms with Crippen molar-refractivity contribution in [2.75, 3.05) is 13.2 Å². The number of nitriles is 1. The summed E-state index contributed by atoms with van der Waals surface area (Å²) in [7, 11) is -1.89. The van der Waals surface area contributed by atoms with E-state index in [4.69, 9.17) is 13.9 Å². The number of halogens is 2. The van der Waals surface area contributed by atoms with Crippen molar-refractivity contribution in [3.8, 4) is 17.6 Å². The van der Waals surface area contributed by atoms with Gasteiger partial charge in [0, 0.05) is 5.56 Å². The fraction of sp³-hybridized carbons (Fsp3) is 0.417. The summed E-state index contributed by atoms with van der Waals surface area (Å²) in [5.41, 5.74) is 2.48. The van der Waals surface area contributed by atoms with Gasteiger partial charge < -0.3 is 13.9 Å². The van der Waals surface area contributed by atoms with Crippen molar-refractivity contribution in [1.82, 2.24) is 0 Å². The smallest absolute Gasteiger partial charge is 0.186 e. The van der Waals surface area contributed by atoms with Gasteiger partial charge in [-0.05, 0) is 80.7 Å². The zero-order valence-corrected chi connectivity index (χ0v) is 19.5. The first-order valence-corrected chi connectivity index (χ1v) is 14.1. The van der Waals surface area contributed by atoms with Crippen molar-refractivity contribution >= 4 is 14.6 Å². The number of nitrogens with zero attached hydrogens (tertiary/aromatic N) is 1. The lowest BCUT2D eigenvalue weighted by Crippen LogP contribution is -2.28. The minimum atomic E-state index is -1.89. The first kappa shape index (κ1) is 23.9. The number of carbonyl (C=O) groups excluding carboxylic acids is 1. The SMILES string of the molecule is C[Si](C)(C)OC(C#N)c1cc(F)cc2c1OCCC2.O=Cc1cc(F)cc2c1OCCC2. The van der Waals surface area contributed by atoms with Crippen molar-refractivity contribution in [1.29, 1.82) is 5.26 Å². The summed E-state index contributed by atoms with van der Waals surface area (Å²) in [6, 6.07) is 7.60. The van der Waals surface area contributed by atoms with E-state index in [0.29, 0.717) is 42.1 Å². The molecule has 0 fully saturated rings. The van der Waals surface area contributed by atoms with Gasteiger partial charge in [0.25, 0.3) is 0 Å². The van der Waals surface area contributed by atoms with Crippen LogP contribution in [0.25, 0.3) is 0 Å². The average molecular weight is 460 g/mol. The molecule has 0 saturated heterocycles. The maximum absolute atomic E-state index is 13.7. The molecule has 170 valence electrons. The summed E-state index contributed by atoms with van der Waals surface area (Å²) in [4.78, 5) is 10.6. The summed E-state index contributed by atoms with van der Waals surface area (Å²) < 4.78 is 43.4. The minimum Gasteiger partial charge on any atom is -0.493 e. The molecule has 32 heavy (non-hydrogen) atoms. The second-order valence-corrected chi connectivity index (χ2v) is 13.2. The van der Waals surface area contributed by atoms with Crippen LogP contribution in [0.2, 0.25) is 19.6 Å². The summed E-state index contributed by atoms with van der Waals surface area (Å²) in [6.07, 6.45) is 3.21. The van der Waals surface area contributed by atoms with Gasteiger partial charge in [0.15, 0.2) is 20.7 Å². The number of fused-ring (bicyclic) bond motifs is 2. The Morgan fingerprint density at radius 3 is 2.12 bits per heavy atom. The number of rotatable bonds is 4. The molecular formula is C24H27F2NO4Si. The van der Waals surface area contributed by atoms with Gasteiger partial charge in [-0.25, -0.2) is 8.78 Å². The fourth-order valence-corrected chi connectivity index (χ4v) is 4.63. The molecule has 0 aliphatic carbocycles. The normalized spacial score (nSPS) is 15.5. The van der Waals surface area contributed by atoms with Crippen LogP contribution in [0.1, 0.15) is 46.0 Å². The van der Waals surface area contributed by atoms with Gasteiger partial charge in [0.2, 0.25) is 0 Å². The molecular weight excluding hydrogens is 432 g/mol. The number of hydrogen-bond donors (Lipinski definition) is 0. The Morgan fingerprint density at radius 1 is 1.00 bits per heavy atom. The predicted octanol–water partition coefficient (Wildman–Crippen LogP) is 5.53. The third kappa shape index (κ3) is 5.93. The maximum atomic E-state index is 13.7. The highest BCUT2D eigenvalue weighted by atomic mass is 28.4. The van der Waals surface area contributed by atoms with Crippen LogP contribution in [-0.4, -0.2) is 27.8 Å². The highest BCUT2D eigenvalue weighted by molar-refractivity contribution is 6.69. The molecule has 0 spiro atoms. The van der Waals surface area contributed by atoms with Gasteiger partial charge in [-0.15, -0.1) is 0 Å². The van der Waals surface area contributed by atoms with Gasteiger partial charge in [0.1, 0.15) is 23.1 Å². The number of benzene rings is 2. The van der Waals surface area contributed by atoms with E-state index in [1.54, 1.807) is 0 Å². The standard InChI is InChI=1S/C14H18FNO2Si.C10H9FO2/c1-19(2,3)18-13(9-16)12-8-11(15)7-10-5-4-6-17-14(10)12;11-9-4-7-2-1-3-13-10(7)8(5-9)6-12/h7-8,13H,4-6H2,1-3H3;4-6H,1-3H2. The summed E-state index contributed by atoms with van der Waals surface area (Å²) in [6.45, 7) is 7.23. The van der Waals surface area contributed by atoms with Crippen LogP contribution in [-0.2, 0) is 17.3 Å². The Kier molecular flexibility index (Phi) is 7.64. The highest BCUT2D eigenvalue weighted by Gasteiger charge is 2.27. The molecule has 1 unspecified atom stereocenters. The Bertz CT molecular complexity index is 1030. The highest BCUT2D eigenvalue weighted by Crippen LogP contribution is 2.36. The molecule has 2 aromatic carbocycles. The number of hydrogen-bond acceptors (Lipinski definition) is 5. The molecule has 4 rings (SSSR count). The molecule has 8 heteroatoms. The fourth-order valence-electron chi connectivity index (χ4n) is 3.74. The molecule has 0 aromatic heterocycles. The van der Waals surface area contributed by atoms with E-state index < -0.39 is 14.4 Å². The first-order chi connectivity index (χ1) is 15.2. The molecule has 1 atom stereocenters. The number of carbonyl (C=O) groups is 1. The number of ether oxygens (including phenoxy) is 2. The van der Waals surface area contributed by atoms with Gasteiger partial charge >= 0.3 is 0 Å². The Labute approximate surface area is 188 Å². The van der Waals surface area contributed by atoms with E-state index in [9.17, 15) is 18.8 Å². The molecule has 2 aromatic rings. The second kappa shape index (κ2) is 10.2. The predicted molar refractivity (Wildman–Crippen MR) is 119 cm³/mol. The summed E-state index contributed by atoms with van der Waals surface area (Å²) >= 11 is 0. The van der Waals surface area contributed by atoms with Gasteiger partial charge in [-0.2, -0.15) is 5.26 Å². The van der Waals surface area contributed by atoms with E-state index >= 15 is 0 Å². The van der Waals surface area contributed by atoms with Crippen LogP contribution in [0.3, 0.4) is 0 Å². The summed E-state index contributed by atoms with van der Waals surface area (Å²) in [5.74, 6) is 0.491. The van der Waals surface area contributed by atoms with Crippen LogP contribution >= 0.6 is 0 Å². The lowest BCUT2D eigenvalue weighted by atomic mass is 9.99. The van der Waals surface area contributed by atoms with Gasteiger partial charge in [-0.1, -0.05) is 0 Å². The largest absolute Gasteiger partial charge is 0.493 e. The zero-order valence-electron chi connectivity index (χ0n) is 18.5.